The Morgan fingerprint density at radius 2 is 0.484 bits per heavy atom. The van der Waals surface area contributed by atoms with Crippen molar-refractivity contribution in [3.8, 4) is 0 Å². The minimum absolute atomic E-state index is 0.105. The zero-order chi connectivity index (χ0) is 70.0. The zero-order valence-electron chi connectivity index (χ0n) is 62.0. The summed E-state index contributed by atoms with van der Waals surface area (Å²) < 4.78 is 68.5. The van der Waals surface area contributed by atoms with Crippen LogP contribution in [0.15, 0.2) is 0 Å². The van der Waals surface area contributed by atoms with Crippen molar-refractivity contribution in [1.82, 2.24) is 0 Å². The molecule has 0 aromatic rings. The summed E-state index contributed by atoms with van der Waals surface area (Å²) in [4.78, 5) is 72.8. The molecular formula is C76H148O17P2. The van der Waals surface area contributed by atoms with E-state index in [2.05, 4.69) is 41.5 Å². The zero-order valence-corrected chi connectivity index (χ0v) is 63.8. The summed E-state index contributed by atoms with van der Waals surface area (Å²) in [7, 11) is -9.91. The number of carbonyl (C=O) groups excluding carboxylic acids is 4. The Hall–Kier alpha value is -1.94. The second kappa shape index (κ2) is 67.9. The fourth-order valence-electron chi connectivity index (χ4n) is 11.7. The molecule has 0 aliphatic rings. The van der Waals surface area contributed by atoms with Gasteiger partial charge in [0.05, 0.1) is 26.4 Å². The van der Waals surface area contributed by atoms with Crippen molar-refractivity contribution in [3.05, 3.63) is 0 Å². The Morgan fingerprint density at radius 1 is 0.284 bits per heavy atom. The van der Waals surface area contributed by atoms with Gasteiger partial charge in [-0.15, -0.1) is 0 Å². The van der Waals surface area contributed by atoms with Gasteiger partial charge in [0.2, 0.25) is 0 Å². The third kappa shape index (κ3) is 70.3. The molecule has 564 valence electrons. The van der Waals surface area contributed by atoms with Crippen LogP contribution < -0.4 is 0 Å². The average molecular weight is 1400 g/mol. The Balaban J connectivity index is 5.23. The number of esters is 4. The molecule has 0 aliphatic heterocycles. The van der Waals surface area contributed by atoms with Crippen molar-refractivity contribution in [3.63, 3.8) is 0 Å². The van der Waals surface area contributed by atoms with Gasteiger partial charge in [-0.25, -0.2) is 9.13 Å². The number of aliphatic hydroxyl groups excluding tert-OH is 1. The van der Waals surface area contributed by atoms with Crippen LogP contribution in [0.2, 0.25) is 0 Å². The minimum Gasteiger partial charge on any atom is -0.462 e. The van der Waals surface area contributed by atoms with Crippen LogP contribution in [0.5, 0.6) is 0 Å². The summed E-state index contributed by atoms with van der Waals surface area (Å²) in [5.74, 6) is -0.653. The van der Waals surface area contributed by atoms with E-state index in [1.54, 1.807) is 0 Å². The van der Waals surface area contributed by atoms with E-state index in [1.165, 1.54) is 212 Å². The van der Waals surface area contributed by atoms with Crippen LogP contribution in [0.4, 0.5) is 0 Å². The number of unbranched alkanes of at least 4 members (excludes halogenated alkanes) is 45. The smallest absolute Gasteiger partial charge is 0.462 e. The van der Waals surface area contributed by atoms with Gasteiger partial charge in [-0.2, -0.15) is 0 Å². The molecule has 0 amide bonds. The molecule has 0 radical (unpaired) electrons. The fraction of sp³-hybridized carbons (Fsp3) is 0.947. The van der Waals surface area contributed by atoms with Gasteiger partial charge in [-0.05, 0) is 37.5 Å². The molecule has 2 unspecified atom stereocenters. The van der Waals surface area contributed by atoms with Gasteiger partial charge in [0.15, 0.2) is 12.2 Å². The third-order valence-corrected chi connectivity index (χ3v) is 19.6. The summed E-state index contributed by atoms with van der Waals surface area (Å²) in [6.45, 7) is 9.54. The summed E-state index contributed by atoms with van der Waals surface area (Å²) in [6, 6.07) is 0. The second-order valence-corrected chi connectivity index (χ2v) is 31.3. The van der Waals surface area contributed by atoms with E-state index in [0.29, 0.717) is 25.7 Å². The number of phosphoric acid groups is 2. The Morgan fingerprint density at radius 3 is 0.716 bits per heavy atom. The van der Waals surface area contributed by atoms with E-state index in [4.69, 9.17) is 37.0 Å². The van der Waals surface area contributed by atoms with Crippen LogP contribution in [0.25, 0.3) is 0 Å². The summed E-state index contributed by atoms with van der Waals surface area (Å²) in [5.41, 5.74) is 0. The van der Waals surface area contributed by atoms with E-state index < -0.39 is 97.5 Å². The van der Waals surface area contributed by atoms with E-state index in [9.17, 15) is 43.2 Å². The lowest BCUT2D eigenvalue weighted by molar-refractivity contribution is -0.161. The number of phosphoric ester groups is 2. The van der Waals surface area contributed by atoms with Crippen molar-refractivity contribution < 1.29 is 80.2 Å². The number of rotatable bonds is 75. The molecule has 0 aliphatic carbocycles. The van der Waals surface area contributed by atoms with Gasteiger partial charge in [0, 0.05) is 25.7 Å². The highest BCUT2D eigenvalue weighted by atomic mass is 31.2. The molecule has 19 heteroatoms. The van der Waals surface area contributed by atoms with E-state index in [1.807, 2.05) is 0 Å². The topological polar surface area (TPSA) is 237 Å². The lowest BCUT2D eigenvalue weighted by atomic mass is 10.0. The number of aliphatic hydroxyl groups is 1. The third-order valence-electron chi connectivity index (χ3n) is 17.7. The largest absolute Gasteiger partial charge is 0.472 e. The first-order valence-electron chi connectivity index (χ1n) is 39.5. The molecule has 95 heavy (non-hydrogen) atoms. The average Bonchev–Trinajstić information content (AvgIpc) is 1.87. The molecule has 0 fully saturated rings. The molecule has 0 aromatic heterocycles. The lowest BCUT2D eigenvalue weighted by Crippen LogP contribution is -2.30. The maximum absolute atomic E-state index is 13.1. The normalized spacial score (nSPS) is 14.0. The van der Waals surface area contributed by atoms with E-state index >= 15 is 0 Å². The van der Waals surface area contributed by atoms with Crippen molar-refractivity contribution >= 4 is 39.5 Å². The van der Waals surface area contributed by atoms with Gasteiger partial charge in [-0.3, -0.25) is 37.3 Å². The van der Waals surface area contributed by atoms with Crippen LogP contribution in [0.3, 0.4) is 0 Å². The standard InChI is InChI=1S/C76H148O17P2/c1-7-9-11-13-15-17-19-21-22-23-24-25-26-28-30-34-42-48-54-60-75(80)92-71(64-86-73(78)58-52-46-40-33-29-27-20-18-16-14-12-10-8-2)66-90-94(82,83)88-62-70(77)63-89-95(84,85)91-67-72(65-87-74(79)59-53-47-41-37-36-39-45-51-57-69(5)6)93-76(81)61-55-49-43-35-31-32-38-44-50-56-68(3)4/h68-72,77H,7-67H2,1-6H3,(H,82,83)(H,84,85)/t70-,71-,72-/m1/s1. The number of ether oxygens (including phenoxy) is 4. The van der Waals surface area contributed by atoms with Gasteiger partial charge < -0.3 is 33.8 Å². The first kappa shape index (κ1) is 93.1. The molecule has 0 spiro atoms. The number of carbonyl (C=O) groups is 4. The highest BCUT2D eigenvalue weighted by Crippen LogP contribution is 2.45. The van der Waals surface area contributed by atoms with Crippen LogP contribution in [-0.4, -0.2) is 96.7 Å². The fourth-order valence-corrected chi connectivity index (χ4v) is 13.2. The van der Waals surface area contributed by atoms with Crippen LogP contribution >= 0.6 is 15.6 Å². The van der Waals surface area contributed by atoms with E-state index in [-0.39, 0.29) is 25.7 Å². The maximum atomic E-state index is 13.1. The maximum Gasteiger partial charge on any atom is 0.472 e. The highest BCUT2D eigenvalue weighted by molar-refractivity contribution is 7.47. The molecular weight excluding hydrogens is 1250 g/mol. The Labute approximate surface area is 581 Å². The first-order valence-corrected chi connectivity index (χ1v) is 42.5. The predicted octanol–water partition coefficient (Wildman–Crippen LogP) is 22.3. The number of hydrogen-bond acceptors (Lipinski definition) is 15. The second-order valence-electron chi connectivity index (χ2n) is 28.3. The quantitative estimate of drug-likeness (QED) is 0.0222. The molecule has 5 atom stereocenters. The monoisotopic (exact) mass is 1400 g/mol. The molecule has 17 nitrogen and oxygen atoms in total. The molecule has 3 N–H and O–H groups in total. The summed E-state index contributed by atoms with van der Waals surface area (Å²) in [5, 5.41) is 10.6. The van der Waals surface area contributed by atoms with Crippen molar-refractivity contribution in [2.75, 3.05) is 39.6 Å². The summed E-state index contributed by atoms with van der Waals surface area (Å²) >= 11 is 0. The molecule has 0 bridgehead atoms. The minimum atomic E-state index is -4.96. The molecule has 0 saturated carbocycles. The van der Waals surface area contributed by atoms with Crippen molar-refractivity contribution in [1.29, 1.82) is 0 Å². The predicted molar refractivity (Wildman–Crippen MR) is 386 cm³/mol. The lowest BCUT2D eigenvalue weighted by Gasteiger charge is -2.21. The molecule has 0 rings (SSSR count). The molecule has 0 saturated heterocycles. The number of hydrogen-bond donors (Lipinski definition) is 3. The first-order chi connectivity index (χ1) is 45.9. The van der Waals surface area contributed by atoms with Gasteiger partial charge in [-0.1, -0.05) is 343 Å². The molecule has 0 aromatic carbocycles. The SMILES string of the molecule is CCCCCCCCCCCCCCCCCCCCCC(=O)O[C@H](COC(=O)CCCCCCCCCCCCCCC)COP(=O)(O)OC[C@@H](O)COP(=O)(O)OC[C@@H](COC(=O)CCCCCCCCCCC(C)C)OC(=O)CCCCCCCCCCCC(C)C. The van der Waals surface area contributed by atoms with Crippen molar-refractivity contribution in [2.45, 2.75) is 413 Å². The van der Waals surface area contributed by atoms with Gasteiger partial charge in [0.1, 0.15) is 19.3 Å². The van der Waals surface area contributed by atoms with Crippen LogP contribution in [0.1, 0.15) is 395 Å². The van der Waals surface area contributed by atoms with Gasteiger partial charge in [0.25, 0.3) is 0 Å². The van der Waals surface area contributed by atoms with E-state index in [0.717, 1.165) is 102 Å². The Bertz CT molecular complexity index is 1840. The molecule has 0 heterocycles. The van der Waals surface area contributed by atoms with Crippen LogP contribution in [0, 0.1) is 11.8 Å². The Kier molecular flexibility index (Phi) is 66.5. The van der Waals surface area contributed by atoms with Crippen molar-refractivity contribution in [2.24, 2.45) is 11.8 Å². The highest BCUT2D eigenvalue weighted by Gasteiger charge is 2.30. The van der Waals surface area contributed by atoms with Gasteiger partial charge >= 0.3 is 39.5 Å². The summed E-state index contributed by atoms with van der Waals surface area (Å²) in [6.07, 6.45) is 55.5. The van der Waals surface area contributed by atoms with Crippen LogP contribution in [-0.2, 0) is 65.4 Å².